The average Bonchev–Trinajstić information content (AvgIpc) is 2.24. The molecule has 1 heterocycles. The molecule has 0 spiro atoms. The van der Waals surface area contributed by atoms with E-state index in [0.717, 1.165) is 0 Å². The summed E-state index contributed by atoms with van der Waals surface area (Å²) < 4.78 is 0. The molecule has 0 atom stereocenters. The van der Waals surface area contributed by atoms with Gasteiger partial charge in [-0.05, 0) is 50.9 Å². The third kappa shape index (κ3) is 2.23. The molecule has 1 nitrogen and oxygen atoms in total. The maximum atomic E-state index is 2.43. The molecule has 0 saturated carbocycles. The van der Waals surface area contributed by atoms with Crippen molar-refractivity contribution in [3.63, 3.8) is 0 Å². The highest BCUT2D eigenvalue weighted by atomic mass is 15.1. The summed E-state index contributed by atoms with van der Waals surface area (Å²) in [5.74, 6) is 0. The van der Waals surface area contributed by atoms with E-state index >= 15 is 0 Å². The second kappa shape index (κ2) is 3.97. The molecular formula is C14H21N. The van der Waals surface area contributed by atoms with Gasteiger partial charge in [-0.25, -0.2) is 0 Å². The van der Waals surface area contributed by atoms with Crippen LogP contribution in [0.3, 0.4) is 0 Å². The predicted molar refractivity (Wildman–Crippen MR) is 65.3 cm³/mol. The molecule has 15 heavy (non-hydrogen) atoms. The minimum Gasteiger partial charge on any atom is -0.306 e. The summed E-state index contributed by atoms with van der Waals surface area (Å²) in [6, 6.07) is 9.08. The third-order valence-corrected chi connectivity index (χ3v) is 3.84. The van der Waals surface area contributed by atoms with E-state index in [-0.39, 0.29) is 0 Å². The highest BCUT2D eigenvalue weighted by Crippen LogP contribution is 2.34. The van der Waals surface area contributed by atoms with Gasteiger partial charge in [-0.3, -0.25) is 0 Å². The van der Waals surface area contributed by atoms with Crippen LogP contribution in [0.2, 0.25) is 0 Å². The van der Waals surface area contributed by atoms with Crippen molar-refractivity contribution < 1.29 is 0 Å². The van der Waals surface area contributed by atoms with Crippen molar-refractivity contribution >= 4 is 0 Å². The number of nitrogens with zero attached hydrogens (tertiary/aromatic N) is 1. The fourth-order valence-corrected chi connectivity index (χ4v) is 2.36. The standard InChI is InChI=1S/C14H21N/c1-12-4-6-13(7-5-12)14(2)8-10-15(3)11-9-14/h4-7H,8-11H2,1-3H3. The first-order valence-corrected chi connectivity index (χ1v) is 5.86. The number of hydrogen-bond donors (Lipinski definition) is 0. The molecule has 1 fully saturated rings. The largest absolute Gasteiger partial charge is 0.306 e. The van der Waals surface area contributed by atoms with Crippen LogP contribution in [0.15, 0.2) is 24.3 Å². The highest BCUT2D eigenvalue weighted by molar-refractivity contribution is 5.28. The van der Waals surface area contributed by atoms with Gasteiger partial charge in [-0.15, -0.1) is 0 Å². The Hall–Kier alpha value is -0.820. The van der Waals surface area contributed by atoms with E-state index in [9.17, 15) is 0 Å². The molecule has 1 aromatic rings. The van der Waals surface area contributed by atoms with Gasteiger partial charge in [-0.1, -0.05) is 36.8 Å². The number of likely N-dealkylation sites (tertiary alicyclic amines) is 1. The summed E-state index contributed by atoms with van der Waals surface area (Å²) in [4.78, 5) is 2.43. The first-order valence-electron chi connectivity index (χ1n) is 5.86. The SMILES string of the molecule is Cc1ccc(C2(C)CCN(C)CC2)cc1. The second-order valence-corrected chi connectivity index (χ2v) is 5.23. The van der Waals surface area contributed by atoms with Crippen molar-refractivity contribution in [1.29, 1.82) is 0 Å². The summed E-state index contributed by atoms with van der Waals surface area (Å²) >= 11 is 0. The summed E-state index contributed by atoms with van der Waals surface area (Å²) in [5.41, 5.74) is 3.27. The topological polar surface area (TPSA) is 3.24 Å². The molecule has 0 unspecified atom stereocenters. The Bertz CT molecular complexity index is 318. The molecule has 0 N–H and O–H groups in total. The van der Waals surface area contributed by atoms with E-state index in [1.807, 2.05) is 0 Å². The molecule has 0 radical (unpaired) electrons. The molecule has 0 amide bonds. The van der Waals surface area contributed by atoms with Crippen molar-refractivity contribution in [2.45, 2.75) is 32.1 Å². The molecule has 1 heteroatoms. The summed E-state index contributed by atoms with van der Waals surface area (Å²) in [6.45, 7) is 7.01. The fraction of sp³-hybridized carbons (Fsp3) is 0.571. The van der Waals surface area contributed by atoms with E-state index in [2.05, 4.69) is 50.1 Å². The van der Waals surface area contributed by atoms with E-state index in [1.165, 1.54) is 37.1 Å². The Balaban J connectivity index is 2.18. The molecule has 0 bridgehead atoms. The van der Waals surface area contributed by atoms with Crippen molar-refractivity contribution in [3.05, 3.63) is 35.4 Å². The summed E-state index contributed by atoms with van der Waals surface area (Å²) in [5, 5.41) is 0. The lowest BCUT2D eigenvalue weighted by molar-refractivity contribution is 0.200. The Morgan fingerprint density at radius 3 is 2.13 bits per heavy atom. The predicted octanol–water partition coefficient (Wildman–Crippen LogP) is 2.98. The van der Waals surface area contributed by atoms with Gasteiger partial charge in [0.25, 0.3) is 0 Å². The molecule has 1 saturated heterocycles. The van der Waals surface area contributed by atoms with Gasteiger partial charge in [0.1, 0.15) is 0 Å². The van der Waals surface area contributed by atoms with Crippen LogP contribution in [0, 0.1) is 6.92 Å². The van der Waals surface area contributed by atoms with Crippen molar-refractivity contribution in [1.82, 2.24) is 4.90 Å². The molecule has 2 rings (SSSR count). The van der Waals surface area contributed by atoms with E-state index in [4.69, 9.17) is 0 Å². The van der Waals surface area contributed by atoms with E-state index < -0.39 is 0 Å². The summed E-state index contributed by atoms with van der Waals surface area (Å²) in [7, 11) is 2.22. The molecule has 1 aliphatic heterocycles. The van der Waals surface area contributed by atoms with Crippen LogP contribution in [-0.2, 0) is 5.41 Å². The third-order valence-electron chi connectivity index (χ3n) is 3.84. The Morgan fingerprint density at radius 2 is 1.60 bits per heavy atom. The lowest BCUT2D eigenvalue weighted by Gasteiger charge is -2.38. The monoisotopic (exact) mass is 203 g/mol. The minimum absolute atomic E-state index is 0.403. The molecule has 0 aliphatic carbocycles. The van der Waals surface area contributed by atoms with Crippen LogP contribution in [0.25, 0.3) is 0 Å². The average molecular weight is 203 g/mol. The second-order valence-electron chi connectivity index (χ2n) is 5.23. The van der Waals surface area contributed by atoms with Crippen LogP contribution >= 0.6 is 0 Å². The molecule has 82 valence electrons. The van der Waals surface area contributed by atoms with Gasteiger partial charge in [0.2, 0.25) is 0 Å². The van der Waals surface area contributed by atoms with E-state index in [0.29, 0.717) is 5.41 Å². The Kier molecular flexibility index (Phi) is 2.83. The Morgan fingerprint density at radius 1 is 1.07 bits per heavy atom. The van der Waals surface area contributed by atoms with Crippen LogP contribution in [0.5, 0.6) is 0 Å². The lowest BCUT2D eigenvalue weighted by Crippen LogP contribution is -2.38. The number of aryl methyl sites for hydroxylation is 1. The van der Waals surface area contributed by atoms with Crippen molar-refractivity contribution in [2.24, 2.45) is 0 Å². The van der Waals surface area contributed by atoms with Crippen LogP contribution < -0.4 is 0 Å². The van der Waals surface area contributed by atoms with Crippen LogP contribution in [-0.4, -0.2) is 25.0 Å². The van der Waals surface area contributed by atoms with E-state index in [1.54, 1.807) is 0 Å². The van der Waals surface area contributed by atoms with Crippen molar-refractivity contribution in [2.75, 3.05) is 20.1 Å². The van der Waals surface area contributed by atoms with Crippen LogP contribution in [0.1, 0.15) is 30.9 Å². The molecular weight excluding hydrogens is 182 g/mol. The number of piperidine rings is 1. The Labute approximate surface area is 93.1 Å². The zero-order valence-electron chi connectivity index (χ0n) is 10.1. The van der Waals surface area contributed by atoms with Gasteiger partial charge in [-0.2, -0.15) is 0 Å². The number of hydrogen-bond acceptors (Lipinski definition) is 1. The van der Waals surface area contributed by atoms with Gasteiger partial charge >= 0.3 is 0 Å². The first kappa shape index (κ1) is 10.7. The first-order chi connectivity index (χ1) is 7.10. The molecule has 0 aromatic heterocycles. The van der Waals surface area contributed by atoms with Gasteiger partial charge in [0, 0.05) is 0 Å². The normalized spacial score (nSPS) is 21.5. The van der Waals surface area contributed by atoms with Gasteiger partial charge in [0.05, 0.1) is 0 Å². The highest BCUT2D eigenvalue weighted by Gasteiger charge is 2.30. The smallest absolute Gasteiger partial charge is 0.00134 e. The zero-order chi connectivity index (χ0) is 10.9. The number of benzene rings is 1. The van der Waals surface area contributed by atoms with Crippen molar-refractivity contribution in [3.8, 4) is 0 Å². The quantitative estimate of drug-likeness (QED) is 0.678. The van der Waals surface area contributed by atoms with Crippen LogP contribution in [0.4, 0.5) is 0 Å². The van der Waals surface area contributed by atoms with Gasteiger partial charge in [0.15, 0.2) is 0 Å². The maximum Gasteiger partial charge on any atom is -0.00134 e. The number of rotatable bonds is 1. The maximum absolute atomic E-state index is 2.43. The van der Waals surface area contributed by atoms with Gasteiger partial charge < -0.3 is 4.90 Å². The molecule has 1 aliphatic rings. The lowest BCUT2D eigenvalue weighted by atomic mass is 9.74. The fourth-order valence-electron chi connectivity index (χ4n) is 2.36. The molecule has 1 aromatic carbocycles. The minimum atomic E-state index is 0.403. The zero-order valence-corrected chi connectivity index (χ0v) is 10.1. The summed E-state index contributed by atoms with van der Waals surface area (Å²) in [6.07, 6.45) is 2.57.